The number of thioether (sulfide) groups is 1. The number of amides is 1. The van der Waals surface area contributed by atoms with Crippen molar-refractivity contribution in [1.29, 1.82) is 5.26 Å². The van der Waals surface area contributed by atoms with Crippen molar-refractivity contribution in [2.75, 3.05) is 5.75 Å². The van der Waals surface area contributed by atoms with Crippen LogP contribution in [0.2, 0.25) is 0 Å². The third-order valence-electron chi connectivity index (χ3n) is 4.11. The summed E-state index contributed by atoms with van der Waals surface area (Å²) in [5.41, 5.74) is 0.513. The summed E-state index contributed by atoms with van der Waals surface area (Å²) in [5, 5.41) is 23.6. The number of rotatable bonds is 6. The van der Waals surface area contributed by atoms with Gasteiger partial charge in [-0.05, 0) is 42.2 Å². The fourth-order valence-electron chi connectivity index (χ4n) is 2.75. The molecule has 2 aromatic rings. The van der Waals surface area contributed by atoms with Crippen LogP contribution in [0.5, 0.6) is 5.88 Å². The Morgan fingerprint density at radius 3 is 2.85 bits per heavy atom. The number of nitrogens with zero attached hydrogens (tertiary/aromatic N) is 6. The summed E-state index contributed by atoms with van der Waals surface area (Å²) in [6.45, 7) is 0. The second-order valence-corrected chi connectivity index (χ2v) is 6.97. The Bertz CT molecular complexity index is 779. The standard InChI is InChI=1S/C16H19N7O2S/c1-23-16(20-21-22-23)26-10-14(24)19-12-3-5-13(6-4-12)25-15-7-2-11(8-17)9-18-15/h2,7,9,12-13H,3-6,10H2,1H3,(H,19,24). The summed E-state index contributed by atoms with van der Waals surface area (Å²) in [7, 11) is 1.74. The average molecular weight is 373 g/mol. The van der Waals surface area contributed by atoms with E-state index in [0.29, 0.717) is 22.4 Å². The van der Waals surface area contributed by atoms with Crippen molar-refractivity contribution in [2.45, 2.75) is 43.0 Å². The number of carbonyl (C=O) groups is 1. The fraction of sp³-hybridized carbons (Fsp3) is 0.500. The molecule has 0 aromatic carbocycles. The van der Waals surface area contributed by atoms with Crippen molar-refractivity contribution in [3.8, 4) is 11.9 Å². The van der Waals surface area contributed by atoms with Crippen LogP contribution >= 0.6 is 11.8 Å². The van der Waals surface area contributed by atoms with Crippen LogP contribution < -0.4 is 10.1 Å². The maximum Gasteiger partial charge on any atom is 0.230 e. The topological polar surface area (TPSA) is 119 Å². The van der Waals surface area contributed by atoms with Crippen LogP contribution in [0.3, 0.4) is 0 Å². The molecule has 2 aromatic heterocycles. The molecule has 1 N–H and O–H groups in total. The summed E-state index contributed by atoms with van der Waals surface area (Å²) in [6.07, 6.45) is 5.03. The molecule has 1 fully saturated rings. The lowest BCUT2D eigenvalue weighted by Crippen LogP contribution is -2.40. The van der Waals surface area contributed by atoms with Gasteiger partial charge in [-0.3, -0.25) is 4.79 Å². The first-order valence-corrected chi connectivity index (χ1v) is 9.30. The van der Waals surface area contributed by atoms with Gasteiger partial charge in [0.1, 0.15) is 12.2 Å². The predicted octanol–water partition coefficient (Wildman–Crippen LogP) is 1.08. The smallest absolute Gasteiger partial charge is 0.230 e. The third-order valence-corrected chi connectivity index (χ3v) is 5.12. The molecule has 0 aliphatic heterocycles. The SMILES string of the molecule is Cn1nnnc1SCC(=O)NC1CCC(Oc2ccc(C#N)cn2)CC1. The first-order chi connectivity index (χ1) is 12.6. The Morgan fingerprint density at radius 2 is 2.23 bits per heavy atom. The molecule has 0 unspecified atom stereocenters. The van der Waals surface area contributed by atoms with Crippen molar-refractivity contribution in [1.82, 2.24) is 30.5 Å². The number of pyridine rings is 1. The zero-order valence-electron chi connectivity index (χ0n) is 14.3. The number of hydrogen-bond donors (Lipinski definition) is 1. The molecule has 136 valence electrons. The van der Waals surface area contributed by atoms with Gasteiger partial charge in [0, 0.05) is 25.4 Å². The van der Waals surface area contributed by atoms with E-state index in [2.05, 4.69) is 25.8 Å². The van der Waals surface area contributed by atoms with E-state index in [4.69, 9.17) is 10.00 Å². The van der Waals surface area contributed by atoms with Crippen LogP contribution in [-0.2, 0) is 11.8 Å². The van der Waals surface area contributed by atoms with Crippen molar-refractivity contribution in [2.24, 2.45) is 7.05 Å². The highest BCUT2D eigenvalue weighted by Gasteiger charge is 2.24. The monoisotopic (exact) mass is 373 g/mol. The number of nitrogens with one attached hydrogen (secondary N) is 1. The molecule has 26 heavy (non-hydrogen) atoms. The Kier molecular flexibility index (Phi) is 6.01. The number of tetrazole rings is 1. The van der Waals surface area contributed by atoms with E-state index >= 15 is 0 Å². The molecule has 1 amide bonds. The highest BCUT2D eigenvalue weighted by atomic mass is 32.2. The number of ether oxygens (including phenoxy) is 1. The average Bonchev–Trinajstić information content (AvgIpc) is 3.07. The number of hydrogen-bond acceptors (Lipinski definition) is 8. The molecule has 3 rings (SSSR count). The first kappa shape index (κ1) is 18.1. The Morgan fingerprint density at radius 1 is 1.42 bits per heavy atom. The van der Waals surface area contributed by atoms with Gasteiger partial charge in [-0.25, -0.2) is 9.67 Å². The second kappa shape index (κ2) is 8.62. The molecule has 0 bridgehead atoms. The summed E-state index contributed by atoms with van der Waals surface area (Å²) in [4.78, 5) is 16.2. The minimum atomic E-state index is -0.0175. The minimum Gasteiger partial charge on any atom is -0.474 e. The van der Waals surface area contributed by atoms with E-state index in [-0.39, 0.29) is 18.1 Å². The fourth-order valence-corrected chi connectivity index (χ4v) is 3.42. The van der Waals surface area contributed by atoms with Gasteiger partial charge in [-0.2, -0.15) is 5.26 Å². The summed E-state index contributed by atoms with van der Waals surface area (Å²) in [5.74, 6) is 0.807. The van der Waals surface area contributed by atoms with Gasteiger partial charge in [-0.15, -0.1) is 5.10 Å². The maximum atomic E-state index is 12.1. The van der Waals surface area contributed by atoms with Crippen LogP contribution in [-0.4, -0.2) is 49.0 Å². The lowest BCUT2D eigenvalue weighted by molar-refractivity contribution is -0.119. The molecule has 1 saturated carbocycles. The number of aryl methyl sites for hydroxylation is 1. The lowest BCUT2D eigenvalue weighted by Gasteiger charge is -2.29. The van der Waals surface area contributed by atoms with Gasteiger partial charge in [0.05, 0.1) is 11.3 Å². The highest BCUT2D eigenvalue weighted by Crippen LogP contribution is 2.23. The summed E-state index contributed by atoms with van der Waals surface area (Å²) < 4.78 is 7.39. The quantitative estimate of drug-likeness (QED) is 0.747. The van der Waals surface area contributed by atoms with E-state index in [1.54, 1.807) is 19.2 Å². The van der Waals surface area contributed by atoms with Crippen LogP contribution in [0, 0.1) is 11.3 Å². The van der Waals surface area contributed by atoms with E-state index in [1.165, 1.54) is 22.6 Å². The molecule has 9 nitrogen and oxygen atoms in total. The molecule has 0 radical (unpaired) electrons. The van der Waals surface area contributed by atoms with E-state index in [1.807, 2.05) is 6.07 Å². The molecule has 1 aliphatic rings. The number of carbonyl (C=O) groups excluding carboxylic acids is 1. The molecule has 10 heteroatoms. The molecule has 0 atom stereocenters. The van der Waals surface area contributed by atoms with E-state index in [0.717, 1.165) is 25.7 Å². The van der Waals surface area contributed by atoms with Gasteiger partial charge < -0.3 is 10.1 Å². The van der Waals surface area contributed by atoms with Crippen LogP contribution in [0.1, 0.15) is 31.2 Å². The normalized spacial score (nSPS) is 19.5. The van der Waals surface area contributed by atoms with Crippen molar-refractivity contribution >= 4 is 17.7 Å². The second-order valence-electron chi connectivity index (χ2n) is 6.03. The Labute approximate surface area is 155 Å². The largest absolute Gasteiger partial charge is 0.474 e. The zero-order valence-corrected chi connectivity index (χ0v) is 15.1. The summed E-state index contributed by atoms with van der Waals surface area (Å²) in [6, 6.07) is 5.60. The third kappa shape index (κ3) is 4.92. The molecular weight excluding hydrogens is 354 g/mol. The maximum absolute atomic E-state index is 12.1. The van der Waals surface area contributed by atoms with Gasteiger partial charge in [-0.1, -0.05) is 11.8 Å². The zero-order chi connectivity index (χ0) is 18.4. The molecule has 0 spiro atoms. The minimum absolute atomic E-state index is 0.0175. The molecular formula is C16H19N7O2S. The Balaban J connectivity index is 1.38. The van der Waals surface area contributed by atoms with Crippen LogP contribution in [0.15, 0.2) is 23.5 Å². The van der Waals surface area contributed by atoms with E-state index in [9.17, 15) is 4.79 Å². The van der Waals surface area contributed by atoms with Crippen LogP contribution in [0.25, 0.3) is 0 Å². The van der Waals surface area contributed by atoms with Gasteiger partial charge in [0.15, 0.2) is 0 Å². The van der Waals surface area contributed by atoms with E-state index < -0.39 is 0 Å². The molecule has 1 aliphatic carbocycles. The van der Waals surface area contributed by atoms with Crippen molar-refractivity contribution in [3.63, 3.8) is 0 Å². The predicted molar refractivity (Wildman–Crippen MR) is 93.3 cm³/mol. The Hall–Kier alpha value is -2.67. The van der Waals surface area contributed by atoms with Gasteiger partial charge >= 0.3 is 0 Å². The lowest BCUT2D eigenvalue weighted by atomic mass is 9.93. The highest BCUT2D eigenvalue weighted by molar-refractivity contribution is 7.99. The molecule has 2 heterocycles. The first-order valence-electron chi connectivity index (χ1n) is 8.31. The molecule has 0 saturated heterocycles. The van der Waals surface area contributed by atoms with Crippen molar-refractivity contribution in [3.05, 3.63) is 23.9 Å². The van der Waals surface area contributed by atoms with Crippen molar-refractivity contribution < 1.29 is 9.53 Å². The van der Waals surface area contributed by atoms with Gasteiger partial charge in [0.2, 0.25) is 16.9 Å². The van der Waals surface area contributed by atoms with Gasteiger partial charge in [0.25, 0.3) is 0 Å². The number of nitriles is 1. The summed E-state index contributed by atoms with van der Waals surface area (Å²) >= 11 is 1.31. The number of aromatic nitrogens is 5. The van der Waals surface area contributed by atoms with Crippen LogP contribution in [0.4, 0.5) is 0 Å².